The maximum atomic E-state index is 13.3. The van der Waals surface area contributed by atoms with Gasteiger partial charge in [-0.2, -0.15) is 9.97 Å². The Hall–Kier alpha value is -4.05. The topological polar surface area (TPSA) is 104 Å². The van der Waals surface area contributed by atoms with Gasteiger partial charge < -0.3 is 35.2 Å². The minimum Gasteiger partial charge on any atom is -0.494 e. The number of aromatic nitrogens is 2. The van der Waals surface area contributed by atoms with Crippen molar-refractivity contribution in [2.24, 2.45) is 0 Å². The summed E-state index contributed by atoms with van der Waals surface area (Å²) in [4.78, 5) is 27.3. The van der Waals surface area contributed by atoms with Gasteiger partial charge in [0.15, 0.2) is 0 Å². The maximum absolute atomic E-state index is 13.3. The molecule has 0 aliphatic carbocycles. The number of carbonyl (C=O) groups is 1. The van der Waals surface area contributed by atoms with Gasteiger partial charge in [0.1, 0.15) is 17.4 Å². The fraction of sp³-hybridized carbons (Fsp3) is 0.433. The normalized spacial score (nSPS) is 17.8. The number of anilines is 6. The van der Waals surface area contributed by atoms with Crippen LogP contribution in [-0.2, 0) is 10.2 Å². The van der Waals surface area contributed by atoms with E-state index in [0.717, 1.165) is 87.2 Å². The summed E-state index contributed by atoms with van der Waals surface area (Å²) in [6, 6.07) is 13.8. The number of amides is 1. The third kappa shape index (κ3) is 5.11. The fourth-order valence-electron chi connectivity index (χ4n) is 5.69. The van der Waals surface area contributed by atoms with Gasteiger partial charge in [0.2, 0.25) is 5.95 Å². The monoisotopic (exact) mass is 543 g/mol. The zero-order chi connectivity index (χ0) is 27.7. The van der Waals surface area contributed by atoms with Gasteiger partial charge in [0.25, 0.3) is 5.91 Å². The average Bonchev–Trinajstić information content (AvgIpc) is 3.62. The van der Waals surface area contributed by atoms with Crippen LogP contribution < -0.4 is 25.6 Å². The Kier molecular flexibility index (Phi) is 7.10. The van der Waals surface area contributed by atoms with Crippen LogP contribution in [0, 0.1) is 0 Å². The molecule has 1 aromatic heterocycles. The first kappa shape index (κ1) is 26.2. The van der Waals surface area contributed by atoms with E-state index < -0.39 is 0 Å². The highest BCUT2D eigenvalue weighted by molar-refractivity contribution is 6.00. The van der Waals surface area contributed by atoms with E-state index in [2.05, 4.69) is 40.8 Å². The molecule has 0 saturated carbocycles. The second-order valence-corrected chi connectivity index (χ2v) is 11.1. The number of carbonyl (C=O) groups excluding carboxylic acids is 1. The van der Waals surface area contributed by atoms with Crippen LogP contribution in [0.3, 0.4) is 0 Å². The first-order chi connectivity index (χ1) is 19.4. The van der Waals surface area contributed by atoms with E-state index >= 15 is 0 Å². The van der Waals surface area contributed by atoms with Crippen molar-refractivity contribution in [1.29, 1.82) is 0 Å². The highest BCUT2D eigenvalue weighted by Gasteiger charge is 2.36. The minimum absolute atomic E-state index is 0.0483. The van der Waals surface area contributed by atoms with Crippen molar-refractivity contribution in [3.8, 4) is 5.75 Å². The maximum Gasteiger partial charge on any atom is 0.255 e. The molecule has 3 aliphatic rings. The molecule has 6 rings (SSSR count). The Morgan fingerprint density at radius 3 is 2.55 bits per heavy atom. The highest BCUT2D eigenvalue weighted by atomic mass is 16.5. The first-order valence-corrected chi connectivity index (χ1v) is 14.0. The van der Waals surface area contributed by atoms with E-state index in [-0.39, 0.29) is 11.3 Å². The predicted molar refractivity (Wildman–Crippen MR) is 158 cm³/mol. The van der Waals surface area contributed by atoms with E-state index in [1.807, 2.05) is 41.3 Å². The van der Waals surface area contributed by atoms with Gasteiger partial charge in [-0.15, -0.1) is 0 Å². The fourth-order valence-corrected chi connectivity index (χ4v) is 5.69. The Morgan fingerprint density at radius 2 is 1.77 bits per heavy atom. The molecule has 10 nitrogen and oxygen atoms in total. The van der Waals surface area contributed by atoms with Crippen molar-refractivity contribution >= 4 is 40.6 Å². The summed E-state index contributed by atoms with van der Waals surface area (Å²) in [5, 5.41) is 10.3. The third-order valence-electron chi connectivity index (χ3n) is 7.90. The lowest BCUT2D eigenvalue weighted by Gasteiger charge is -2.29. The molecule has 3 N–H and O–H groups in total. The lowest BCUT2D eigenvalue weighted by molar-refractivity contribution is 0.0794. The third-order valence-corrected chi connectivity index (χ3v) is 7.90. The van der Waals surface area contributed by atoms with E-state index in [1.54, 1.807) is 7.11 Å². The number of morpholine rings is 1. The van der Waals surface area contributed by atoms with Crippen LogP contribution in [0.15, 0.2) is 42.5 Å². The van der Waals surface area contributed by atoms with Crippen LogP contribution in [0.1, 0.15) is 42.6 Å². The summed E-state index contributed by atoms with van der Waals surface area (Å²) in [5.74, 6) is 2.64. The van der Waals surface area contributed by atoms with Crippen LogP contribution in [0.4, 0.5) is 34.6 Å². The molecule has 2 aromatic carbocycles. The van der Waals surface area contributed by atoms with Crippen LogP contribution in [-0.4, -0.2) is 73.8 Å². The molecule has 1 amide bonds. The molecular formula is C30H37N7O3. The number of benzene rings is 2. The van der Waals surface area contributed by atoms with E-state index in [4.69, 9.17) is 19.4 Å². The Bertz CT molecular complexity index is 1400. The number of methoxy groups -OCH3 is 1. The van der Waals surface area contributed by atoms with Crippen molar-refractivity contribution in [2.45, 2.75) is 32.1 Å². The number of nitrogens with one attached hydrogen (secondary N) is 3. The molecule has 3 aromatic rings. The van der Waals surface area contributed by atoms with Crippen LogP contribution in [0.2, 0.25) is 0 Å². The minimum atomic E-state index is -0.193. The summed E-state index contributed by atoms with van der Waals surface area (Å²) < 4.78 is 11.2. The second kappa shape index (κ2) is 10.8. The summed E-state index contributed by atoms with van der Waals surface area (Å²) >= 11 is 0. The van der Waals surface area contributed by atoms with E-state index in [0.29, 0.717) is 23.1 Å². The largest absolute Gasteiger partial charge is 0.494 e. The number of para-hydroxylation sites is 1. The van der Waals surface area contributed by atoms with Gasteiger partial charge in [0, 0.05) is 55.5 Å². The summed E-state index contributed by atoms with van der Waals surface area (Å²) in [7, 11) is 1.67. The number of rotatable bonds is 7. The number of likely N-dealkylation sites (tertiary alicyclic amines) is 1. The van der Waals surface area contributed by atoms with Crippen LogP contribution >= 0.6 is 0 Å². The van der Waals surface area contributed by atoms with Crippen LogP contribution in [0.25, 0.3) is 0 Å². The van der Waals surface area contributed by atoms with Gasteiger partial charge in [-0.05, 0) is 37.1 Å². The molecule has 40 heavy (non-hydrogen) atoms. The average molecular weight is 544 g/mol. The Labute approximate surface area is 235 Å². The molecule has 210 valence electrons. The molecule has 4 heterocycles. The number of ether oxygens (including phenoxy) is 2. The molecular weight excluding hydrogens is 506 g/mol. The molecule has 0 bridgehead atoms. The summed E-state index contributed by atoms with van der Waals surface area (Å²) in [6.45, 7) is 9.81. The molecule has 0 spiro atoms. The highest BCUT2D eigenvalue weighted by Crippen LogP contribution is 2.42. The van der Waals surface area contributed by atoms with Crippen molar-refractivity contribution in [3.63, 3.8) is 0 Å². The van der Waals surface area contributed by atoms with Crippen molar-refractivity contribution in [1.82, 2.24) is 14.9 Å². The number of nitrogens with zero attached hydrogens (tertiary/aromatic N) is 4. The SMILES string of the molecule is COc1cc(N2CCOCC2)ccc1Nc1nc2c(c(Nc3ccccc3C(=O)N3CCCC3)n1)C(C)(C)CN2. The van der Waals surface area contributed by atoms with Crippen molar-refractivity contribution in [2.75, 3.05) is 73.9 Å². The van der Waals surface area contributed by atoms with Crippen molar-refractivity contribution in [3.05, 3.63) is 53.6 Å². The smallest absolute Gasteiger partial charge is 0.255 e. The van der Waals surface area contributed by atoms with Gasteiger partial charge in [-0.1, -0.05) is 26.0 Å². The molecule has 0 radical (unpaired) electrons. The van der Waals surface area contributed by atoms with Gasteiger partial charge >= 0.3 is 0 Å². The molecule has 3 aliphatic heterocycles. The predicted octanol–water partition coefficient (Wildman–Crippen LogP) is 4.75. The Morgan fingerprint density at radius 1 is 1.00 bits per heavy atom. The molecule has 0 atom stereocenters. The van der Waals surface area contributed by atoms with Gasteiger partial charge in [-0.3, -0.25) is 4.79 Å². The van der Waals surface area contributed by atoms with Crippen molar-refractivity contribution < 1.29 is 14.3 Å². The molecule has 2 fully saturated rings. The molecule has 0 unspecified atom stereocenters. The standard InChI is InChI=1S/C30H37N7O3/c1-30(2)19-31-26-25(30)27(32-22-9-5-4-8-21(22)28(38)37-12-6-7-13-37)35-29(34-26)33-23-11-10-20(18-24(23)39-3)36-14-16-40-17-15-36/h4-5,8-11,18H,6-7,12-17,19H2,1-3H3,(H3,31,32,33,34,35). The zero-order valence-corrected chi connectivity index (χ0v) is 23.4. The lowest BCUT2D eigenvalue weighted by Crippen LogP contribution is -2.36. The van der Waals surface area contributed by atoms with E-state index in [9.17, 15) is 4.79 Å². The quantitative estimate of drug-likeness (QED) is 0.390. The summed E-state index contributed by atoms with van der Waals surface area (Å²) in [6.07, 6.45) is 2.10. The summed E-state index contributed by atoms with van der Waals surface area (Å²) in [5.41, 5.74) is 4.05. The lowest BCUT2D eigenvalue weighted by atomic mass is 9.88. The number of hydrogen-bond acceptors (Lipinski definition) is 9. The van der Waals surface area contributed by atoms with Gasteiger partial charge in [0.05, 0.1) is 37.3 Å². The Balaban J connectivity index is 1.33. The number of fused-ring (bicyclic) bond motifs is 1. The van der Waals surface area contributed by atoms with Gasteiger partial charge in [-0.25, -0.2) is 0 Å². The van der Waals surface area contributed by atoms with Crippen LogP contribution in [0.5, 0.6) is 5.75 Å². The first-order valence-electron chi connectivity index (χ1n) is 14.0. The zero-order valence-electron chi connectivity index (χ0n) is 23.4. The second-order valence-electron chi connectivity index (χ2n) is 11.1. The molecule has 10 heteroatoms. The number of hydrogen-bond donors (Lipinski definition) is 3. The van der Waals surface area contributed by atoms with E-state index in [1.165, 1.54) is 0 Å². The molecule has 2 saturated heterocycles.